The van der Waals surface area contributed by atoms with E-state index in [1.165, 1.54) is 51.6 Å². The van der Waals surface area contributed by atoms with Crippen molar-refractivity contribution in [2.24, 2.45) is 5.92 Å². The second-order valence-electron chi connectivity index (χ2n) is 5.08. The van der Waals surface area contributed by atoms with Crippen LogP contribution in [0.1, 0.15) is 51.4 Å². The molecule has 2 aliphatic rings. The van der Waals surface area contributed by atoms with Crippen molar-refractivity contribution in [3.63, 3.8) is 0 Å². The number of likely N-dealkylation sites (tertiary alicyclic amines) is 1. The standard InChI is InChI=1S/C13H22N2/c14-11-12-5-4-9-15(10-8-12)13-6-2-1-3-7-13/h12-13H,1-10H2. The van der Waals surface area contributed by atoms with Crippen LogP contribution in [0.15, 0.2) is 0 Å². The smallest absolute Gasteiger partial charge is 0.0656 e. The number of nitrogens with zero attached hydrogens (tertiary/aromatic N) is 2. The zero-order valence-electron chi connectivity index (χ0n) is 9.62. The van der Waals surface area contributed by atoms with Gasteiger partial charge in [0.25, 0.3) is 0 Å². The lowest BCUT2D eigenvalue weighted by Crippen LogP contribution is -2.37. The molecule has 1 saturated carbocycles. The molecule has 1 atom stereocenters. The highest BCUT2D eigenvalue weighted by atomic mass is 15.2. The molecular weight excluding hydrogens is 184 g/mol. The number of rotatable bonds is 1. The van der Waals surface area contributed by atoms with Crippen LogP contribution < -0.4 is 0 Å². The average molecular weight is 206 g/mol. The zero-order chi connectivity index (χ0) is 10.5. The molecule has 0 aromatic rings. The number of hydrogen-bond donors (Lipinski definition) is 0. The summed E-state index contributed by atoms with van der Waals surface area (Å²) in [6, 6.07) is 3.28. The lowest BCUT2D eigenvalue weighted by Gasteiger charge is -2.33. The van der Waals surface area contributed by atoms with Crippen molar-refractivity contribution >= 4 is 0 Å². The predicted molar refractivity (Wildman–Crippen MR) is 61.4 cm³/mol. The van der Waals surface area contributed by atoms with Crippen molar-refractivity contribution in [1.82, 2.24) is 4.90 Å². The summed E-state index contributed by atoms with van der Waals surface area (Å²) in [7, 11) is 0. The molecule has 2 heteroatoms. The van der Waals surface area contributed by atoms with Crippen LogP contribution in [0.5, 0.6) is 0 Å². The topological polar surface area (TPSA) is 27.0 Å². The Kier molecular flexibility index (Phi) is 4.02. The van der Waals surface area contributed by atoms with Gasteiger partial charge in [-0.25, -0.2) is 0 Å². The molecular formula is C13H22N2. The van der Waals surface area contributed by atoms with Gasteiger partial charge >= 0.3 is 0 Å². The van der Waals surface area contributed by atoms with Gasteiger partial charge in [0.2, 0.25) is 0 Å². The molecule has 1 heterocycles. The summed E-state index contributed by atoms with van der Waals surface area (Å²) in [4.78, 5) is 2.66. The van der Waals surface area contributed by atoms with Crippen LogP contribution in [0.3, 0.4) is 0 Å². The molecule has 2 rings (SSSR count). The molecule has 15 heavy (non-hydrogen) atoms. The van der Waals surface area contributed by atoms with Gasteiger partial charge in [0.05, 0.1) is 6.07 Å². The van der Waals surface area contributed by atoms with Crippen LogP contribution in [-0.4, -0.2) is 24.0 Å². The molecule has 2 fully saturated rings. The van der Waals surface area contributed by atoms with E-state index >= 15 is 0 Å². The summed E-state index contributed by atoms with van der Waals surface area (Å²) in [5.41, 5.74) is 0. The van der Waals surface area contributed by atoms with E-state index in [2.05, 4.69) is 11.0 Å². The van der Waals surface area contributed by atoms with E-state index in [1.54, 1.807) is 0 Å². The Labute approximate surface area is 93.3 Å². The number of hydrogen-bond acceptors (Lipinski definition) is 2. The van der Waals surface area contributed by atoms with Gasteiger partial charge in [0.15, 0.2) is 0 Å². The van der Waals surface area contributed by atoms with Crippen molar-refractivity contribution in [3.8, 4) is 6.07 Å². The number of nitriles is 1. The third-order valence-electron chi connectivity index (χ3n) is 4.04. The summed E-state index contributed by atoms with van der Waals surface area (Å²) in [6.07, 6.45) is 10.5. The van der Waals surface area contributed by atoms with Crippen LogP contribution >= 0.6 is 0 Å². The maximum Gasteiger partial charge on any atom is 0.0656 e. The lowest BCUT2D eigenvalue weighted by atomic mass is 9.94. The molecule has 0 N–H and O–H groups in total. The van der Waals surface area contributed by atoms with E-state index in [0.29, 0.717) is 5.92 Å². The summed E-state index contributed by atoms with van der Waals surface area (Å²) >= 11 is 0. The second kappa shape index (κ2) is 5.51. The van der Waals surface area contributed by atoms with Crippen LogP contribution in [0.2, 0.25) is 0 Å². The minimum atomic E-state index is 0.332. The van der Waals surface area contributed by atoms with Gasteiger partial charge in [-0.15, -0.1) is 0 Å². The minimum absolute atomic E-state index is 0.332. The molecule has 1 aliphatic carbocycles. The van der Waals surface area contributed by atoms with Crippen molar-refractivity contribution in [3.05, 3.63) is 0 Å². The first-order valence-corrected chi connectivity index (χ1v) is 6.54. The molecule has 0 amide bonds. The largest absolute Gasteiger partial charge is 0.300 e. The van der Waals surface area contributed by atoms with E-state index in [0.717, 1.165) is 18.9 Å². The summed E-state index contributed by atoms with van der Waals surface area (Å²) in [5, 5.41) is 8.94. The Bertz CT molecular complexity index is 225. The van der Waals surface area contributed by atoms with Crippen molar-refractivity contribution in [2.75, 3.05) is 13.1 Å². The SMILES string of the molecule is N#CC1CCCN(C2CCCCC2)CC1. The summed E-state index contributed by atoms with van der Waals surface area (Å²) in [6.45, 7) is 2.41. The van der Waals surface area contributed by atoms with Gasteiger partial charge in [-0.1, -0.05) is 19.3 Å². The highest BCUT2D eigenvalue weighted by molar-refractivity contribution is 4.87. The Morgan fingerprint density at radius 2 is 1.67 bits per heavy atom. The molecule has 0 spiro atoms. The predicted octanol–water partition coefficient (Wildman–Crippen LogP) is 2.94. The monoisotopic (exact) mass is 206 g/mol. The van der Waals surface area contributed by atoms with Gasteiger partial charge in [0.1, 0.15) is 0 Å². The summed E-state index contributed by atoms with van der Waals surface area (Å²) in [5.74, 6) is 0.332. The Balaban J connectivity index is 1.84. The van der Waals surface area contributed by atoms with Crippen molar-refractivity contribution < 1.29 is 0 Å². The average Bonchev–Trinajstić information content (AvgIpc) is 2.55. The Morgan fingerprint density at radius 3 is 2.40 bits per heavy atom. The Hall–Kier alpha value is -0.550. The van der Waals surface area contributed by atoms with E-state index in [4.69, 9.17) is 5.26 Å². The Morgan fingerprint density at radius 1 is 0.867 bits per heavy atom. The van der Waals surface area contributed by atoms with Gasteiger partial charge in [-0.2, -0.15) is 5.26 Å². The van der Waals surface area contributed by atoms with Crippen LogP contribution in [0.4, 0.5) is 0 Å². The highest BCUT2D eigenvalue weighted by Gasteiger charge is 2.24. The van der Waals surface area contributed by atoms with Crippen molar-refractivity contribution in [1.29, 1.82) is 5.26 Å². The molecule has 0 radical (unpaired) electrons. The molecule has 1 unspecified atom stereocenters. The lowest BCUT2D eigenvalue weighted by molar-refractivity contribution is 0.161. The highest BCUT2D eigenvalue weighted by Crippen LogP contribution is 2.26. The van der Waals surface area contributed by atoms with Crippen LogP contribution in [-0.2, 0) is 0 Å². The van der Waals surface area contributed by atoms with Gasteiger partial charge < -0.3 is 4.90 Å². The molecule has 0 bridgehead atoms. The third-order valence-corrected chi connectivity index (χ3v) is 4.04. The first kappa shape index (κ1) is 11.0. The summed E-state index contributed by atoms with van der Waals surface area (Å²) < 4.78 is 0. The molecule has 2 nitrogen and oxygen atoms in total. The second-order valence-corrected chi connectivity index (χ2v) is 5.08. The zero-order valence-corrected chi connectivity index (χ0v) is 9.62. The maximum atomic E-state index is 8.94. The normalized spacial score (nSPS) is 30.7. The van der Waals surface area contributed by atoms with Crippen LogP contribution in [0.25, 0.3) is 0 Å². The first-order valence-electron chi connectivity index (χ1n) is 6.54. The molecule has 0 aromatic carbocycles. The van der Waals surface area contributed by atoms with Gasteiger partial charge in [-0.05, 0) is 45.2 Å². The minimum Gasteiger partial charge on any atom is -0.300 e. The molecule has 1 saturated heterocycles. The van der Waals surface area contributed by atoms with E-state index in [9.17, 15) is 0 Å². The fraction of sp³-hybridized carbons (Fsp3) is 0.923. The fourth-order valence-electron chi connectivity index (χ4n) is 3.06. The van der Waals surface area contributed by atoms with E-state index in [-0.39, 0.29) is 0 Å². The maximum absolute atomic E-state index is 8.94. The quantitative estimate of drug-likeness (QED) is 0.659. The van der Waals surface area contributed by atoms with E-state index < -0.39 is 0 Å². The van der Waals surface area contributed by atoms with Crippen molar-refractivity contribution in [2.45, 2.75) is 57.4 Å². The molecule has 84 valence electrons. The van der Waals surface area contributed by atoms with Crippen LogP contribution in [0, 0.1) is 17.2 Å². The first-order chi connectivity index (χ1) is 7.40. The van der Waals surface area contributed by atoms with E-state index in [1.807, 2.05) is 0 Å². The molecule has 0 aromatic heterocycles. The fourth-order valence-corrected chi connectivity index (χ4v) is 3.06. The van der Waals surface area contributed by atoms with Gasteiger partial charge in [0, 0.05) is 12.0 Å². The van der Waals surface area contributed by atoms with Gasteiger partial charge in [-0.3, -0.25) is 0 Å². The third kappa shape index (κ3) is 2.95. The molecule has 1 aliphatic heterocycles.